The third-order valence-corrected chi connectivity index (χ3v) is 2.12. The number of hydrogen-bond acceptors (Lipinski definition) is 2. The number of rotatable bonds is 1. The van der Waals surface area contributed by atoms with Crippen LogP contribution in [0.1, 0.15) is 12.8 Å². The van der Waals surface area contributed by atoms with Crippen LogP contribution >= 0.6 is 22.6 Å². The summed E-state index contributed by atoms with van der Waals surface area (Å²) in [6.07, 6.45) is 1.75. The van der Waals surface area contributed by atoms with Crippen LogP contribution in [0, 0.1) is 0 Å². The molecule has 1 aliphatic heterocycles. The highest BCUT2D eigenvalue weighted by molar-refractivity contribution is 14.1. The van der Waals surface area contributed by atoms with E-state index in [9.17, 15) is 4.79 Å². The molecule has 0 aromatic heterocycles. The quantitative estimate of drug-likeness (QED) is 0.380. The van der Waals surface area contributed by atoms with Gasteiger partial charge in [0.15, 0.2) is 0 Å². The number of carbonyl (C=O) groups is 1. The van der Waals surface area contributed by atoms with E-state index in [4.69, 9.17) is 4.74 Å². The van der Waals surface area contributed by atoms with Gasteiger partial charge in [0.05, 0.1) is 0 Å². The number of halogens is 1. The fourth-order valence-corrected chi connectivity index (χ4v) is 1.31. The van der Waals surface area contributed by atoms with Gasteiger partial charge < -0.3 is 4.74 Å². The second-order valence-corrected chi connectivity index (χ2v) is 2.69. The minimum absolute atomic E-state index is 0.0355. The van der Waals surface area contributed by atoms with Crippen molar-refractivity contribution in [3.8, 4) is 0 Å². The summed E-state index contributed by atoms with van der Waals surface area (Å²) in [5.41, 5.74) is 0. The van der Waals surface area contributed by atoms with Gasteiger partial charge in [-0.25, -0.2) is 0 Å². The molecule has 8 heavy (non-hydrogen) atoms. The Labute approximate surface area is 61.7 Å². The van der Waals surface area contributed by atoms with Gasteiger partial charge >= 0.3 is 5.97 Å². The number of alkyl halides is 1. The summed E-state index contributed by atoms with van der Waals surface area (Å²) < 4.78 is 5.80. The van der Waals surface area contributed by atoms with Crippen LogP contribution in [0.3, 0.4) is 0 Å². The average Bonchev–Trinajstić information content (AvgIpc) is 2.14. The van der Waals surface area contributed by atoms with Crippen LogP contribution in [-0.2, 0) is 9.53 Å². The van der Waals surface area contributed by atoms with E-state index in [1.54, 1.807) is 0 Å². The molecule has 1 aliphatic rings. The highest BCUT2D eigenvalue weighted by Gasteiger charge is 2.21. The lowest BCUT2D eigenvalue weighted by molar-refractivity contribution is -0.140. The molecule has 1 fully saturated rings. The molecule has 0 aromatic rings. The molecule has 2 nitrogen and oxygen atoms in total. The third kappa shape index (κ3) is 1.34. The summed E-state index contributed by atoms with van der Waals surface area (Å²) in [6.45, 7) is 0. The van der Waals surface area contributed by atoms with Crippen LogP contribution in [0.2, 0.25) is 0 Å². The summed E-state index contributed by atoms with van der Waals surface area (Å²) >= 11 is 2.22. The number of carbonyl (C=O) groups excluding carboxylic acids is 1. The Bertz CT molecular complexity index is 103. The molecule has 0 saturated carbocycles. The first-order valence-electron chi connectivity index (χ1n) is 2.58. The van der Waals surface area contributed by atoms with E-state index in [0.29, 0.717) is 6.42 Å². The Morgan fingerprint density at radius 3 is 2.88 bits per heavy atom. The average molecular weight is 226 g/mol. The van der Waals surface area contributed by atoms with E-state index in [-0.39, 0.29) is 12.1 Å². The molecule has 0 aromatic carbocycles. The molecule has 0 bridgehead atoms. The van der Waals surface area contributed by atoms with Crippen LogP contribution in [0.4, 0.5) is 0 Å². The highest BCUT2D eigenvalue weighted by Crippen LogP contribution is 2.14. The lowest BCUT2D eigenvalue weighted by Gasteiger charge is -2.00. The summed E-state index contributed by atoms with van der Waals surface area (Å²) in [4.78, 5) is 10.4. The molecule has 0 amide bonds. The van der Waals surface area contributed by atoms with Crippen LogP contribution < -0.4 is 0 Å². The van der Waals surface area contributed by atoms with Gasteiger partial charge in [-0.2, -0.15) is 0 Å². The zero-order valence-electron chi connectivity index (χ0n) is 4.39. The van der Waals surface area contributed by atoms with Crippen molar-refractivity contribution in [1.82, 2.24) is 0 Å². The first kappa shape index (κ1) is 6.32. The van der Waals surface area contributed by atoms with Crippen molar-refractivity contribution in [2.24, 2.45) is 0 Å². The maximum atomic E-state index is 10.4. The fraction of sp³-hybridized carbons (Fsp3) is 0.800. The lowest BCUT2D eigenvalue weighted by atomic mass is 10.3. The van der Waals surface area contributed by atoms with Gasteiger partial charge in [-0.05, 0) is 6.42 Å². The molecule has 1 rings (SSSR count). The van der Waals surface area contributed by atoms with Crippen molar-refractivity contribution < 1.29 is 9.53 Å². The van der Waals surface area contributed by atoms with E-state index in [0.717, 1.165) is 10.8 Å². The number of ether oxygens (including phenoxy) is 1. The topological polar surface area (TPSA) is 26.3 Å². The minimum atomic E-state index is -0.0355. The van der Waals surface area contributed by atoms with E-state index in [2.05, 4.69) is 22.6 Å². The first-order valence-corrected chi connectivity index (χ1v) is 4.11. The highest BCUT2D eigenvalue weighted by atomic mass is 127. The van der Waals surface area contributed by atoms with Crippen LogP contribution in [0.15, 0.2) is 0 Å². The first-order chi connectivity index (χ1) is 3.83. The predicted molar refractivity (Wildman–Crippen MR) is 38.0 cm³/mol. The van der Waals surface area contributed by atoms with Crippen LogP contribution in [0.5, 0.6) is 0 Å². The Morgan fingerprint density at radius 2 is 2.62 bits per heavy atom. The molecule has 0 spiro atoms. The molecule has 0 radical (unpaired) electrons. The van der Waals surface area contributed by atoms with Crippen LogP contribution in [0.25, 0.3) is 0 Å². The molecule has 0 aliphatic carbocycles. The van der Waals surface area contributed by atoms with Crippen molar-refractivity contribution in [2.75, 3.05) is 4.43 Å². The van der Waals surface area contributed by atoms with Gasteiger partial charge in [0.25, 0.3) is 0 Å². The Balaban J connectivity index is 2.32. The molecule has 3 heteroatoms. The van der Waals surface area contributed by atoms with E-state index < -0.39 is 0 Å². The molecule has 0 unspecified atom stereocenters. The van der Waals surface area contributed by atoms with Crippen molar-refractivity contribution in [3.63, 3.8) is 0 Å². The normalized spacial score (nSPS) is 28.1. The van der Waals surface area contributed by atoms with Gasteiger partial charge in [0.2, 0.25) is 0 Å². The lowest BCUT2D eigenvalue weighted by Crippen LogP contribution is -2.06. The van der Waals surface area contributed by atoms with Gasteiger partial charge in [0.1, 0.15) is 6.10 Å². The van der Waals surface area contributed by atoms with Gasteiger partial charge in [-0.15, -0.1) is 0 Å². The smallest absolute Gasteiger partial charge is 0.306 e. The minimum Gasteiger partial charge on any atom is -0.462 e. The monoisotopic (exact) mass is 226 g/mol. The van der Waals surface area contributed by atoms with E-state index in [1.165, 1.54) is 0 Å². The summed E-state index contributed by atoms with van der Waals surface area (Å²) in [7, 11) is 0. The van der Waals surface area contributed by atoms with Crippen LogP contribution in [-0.4, -0.2) is 16.5 Å². The number of cyclic esters (lactones) is 1. The molecule has 46 valence electrons. The molecular weight excluding hydrogens is 219 g/mol. The second-order valence-electron chi connectivity index (χ2n) is 1.80. The Kier molecular flexibility index (Phi) is 2.10. The summed E-state index contributed by atoms with van der Waals surface area (Å²) in [6, 6.07) is 0. The molecular formula is C5H7IO2. The van der Waals surface area contributed by atoms with Gasteiger partial charge in [-0.3, -0.25) is 4.79 Å². The van der Waals surface area contributed by atoms with Gasteiger partial charge in [-0.1, -0.05) is 22.6 Å². The summed E-state index contributed by atoms with van der Waals surface area (Å²) in [5.74, 6) is -0.0355. The largest absolute Gasteiger partial charge is 0.462 e. The Hall–Kier alpha value is 0.200. The standard InChI is InChI=1S/C5H7IO2/c6-3-4-1-2-5(7)8-4/h4H,1-3H2/t4-/m0/s1. The van der Waals surface area contributed by atoms with E-state index >= 15 is 0 Å². The molecule has 0 N–H and O–H groups in total. The zero-order chi connectivity index (χ0) is 5.98. The maximum absolute atomic E-state index is 10.4. The molecule has 1 atom stereocenters. The molecule has 1 heterocycles. The maximum Gasteiger partial charge on any atom is 0.306 e. The van der Waals surface area contributed by atoms with Gasteiger partial charge in [0, 0.05) is 10.8 Å². The summed E-state index contributed by atoms with van der Waals surface area (Å²) in [5, 5.41) is 0. The molecule has 1 saturated heterocycles. The van der Waals surface area contributed by atoms with Crippen molar-refractivity contribution in [2.45, 2.75) is 18.9 Å². The fourth-order valence-electron chi connectivity index (χ4n) is 0.691. The Morgan fingerprint density at radius 1 is 1.88 bits per heavy atom. The van der Waals surface area contributed by atoms with Crippen molar-refractivity contribution in [3.05, 3.63) is 0 Å². The van der Waals surface area contributed by atoms with Crippen molar-refractivity contribution in [1.29, 1.82) is 0 Å². The zero-order valence-corrected chi connectivity index (χ0v) is 6.55. The number of esters is 1. The van der Waals surface area contributed by atoms with E-state index in [1.807, 2.05) is 0 Å². The second kappa shape index (κ2) is 2.66. The predicted octanol–water partition coefficient (Wildman–Crippen LogP) is 1.13. The number of hydrogen-bond donors (Lipinski definition) is 0. The third-order valence-electron chi connectivity index (χ3n) is 1.14. The van der Waals surface area contributed by atoms with Crippen molar-refractivity contribution >= 4 is 28.6 Å². The SMILES string of the molecule is O=C1CC[C@@H](CI)O1.